The van der Waals surface area contributed by atoms with Crippen LogP contribution in [-0.2, 0) is 0 Å². The fraction of sp³-hybridized carbons (Fsp3) is 0.889. The van der Waals surface area contributed by atoms with E-state index in [-0.39, 0.29) is 0 Å². The summed E-state index contributed by atoms with van der Waals surface area (Å²) in [7, 11) is 0. The van der Waals surface area contributed by atoms with E-state index in [1.165, 1.54) is 32.1 Å². The van der Waals surface area contributed by atoms with E-state index in [0.29, 0.717) is 5.92 Å². The smallest absolute Gasteiger partial charge is 0.272 e. The summed E-state index contributed by atoms with van der Waals surface area (Å²) < 4.78 is 0. The lowest BCUT2D eigenvalue weighted by Gasteiger charge is -2.20. The van der Waals surface area contributed by atoms with Crippen LogP contribution in [0.25, 0.3) is 5.53 Å². The Morgan fingerprint density at radius 1 is 1.18 bits per heavy atom. The van der Waals surface area contributed by atoms with Crippen molar-refractivity contribution in [1.82, 2.24) is 0 Å². The van der Waals surface area contributed by atoms with Crippen molar-refractivity contribution >= 4 is 5.71 Å². The SMILES string of the molecule is [N-]=[N+]=C1CCCC2CCCC12. The highest BCUT2D eigenvalue weighted by Crippen LogP contribution is 2.39. The molecular weight excluding hydrogens is 136 g/mol. The van der Waals surface area contributed by atoms with Gasteiger partial charge in [-0.3, -0.25) is 0 Å². The molecule has 0 aliphatic heterocycles. The summed E-state index contributed by atoms with van der Waals surface area (Å²) in [5.74, 6) is 1.50. The van der Waals surface area contributed by atoms with Crippen LogP contribution in [0.1, 0.15) is 38.5 Å². The van der Waals surface area contributed by atoms with Crippen LogP contribution in [0, 0.1) is 11.8 Å². The number of fused-ring (bicyclic) bond motifs is 1. The minimum atomic E-state index is 0.647. The van der Waals surface area contributed by atoms with Crippen molar-refractivity contribution in [3.63, 3.8) is 0 Å². The quantitative estimate of drug-likeness (QED) is 0.375. The summed E-state index contributed by atoms with van der Waals surface area (Å²) in [6, 6.07) is 0. The van der Waals surface area contributed by atoms with E-state index in [0.717, 1.165) is 18.1 Å². The maximum absolute atomic E-state index is 8.73. The molecule has 0 aromatic heterocycles. The van der Waals surface area contributed by atoms with E-state index in [4.69, 9.17) is 5.53 Å². The van der Waals surface area contributed by atoms with Gasteiger partial charge in [0.15, 0.2) is 0 Å². The number of hydrogen-bond donors (Lipinski definition) is 0. The van der Waals surface area contributed by atoms with Gasteiger partial charge in [-0.2, -0.15) is 4.79 Å². The van der Waals surface area contributed by atoms with Gasteiger partial charge in [0.1, 0.15) is 0 Å². The third kappa shape index (κ3) is 1.12. The molecule has 0 N–H and O–H groups in total. The molecule has 2 fully saturated rings. The summed E-state index contributed by atoms with van der Waals surface area (Å²) in [6.45, 7) is 0. The first-order valence-corrected chi connectivity index (χ1v) is 4.62. The van der Waals surface area contributed by atoms with Crippen LogP contribution in [0.3, 0.4) is 0 Å². The summed E-state index contributed by atoms with van der Waals surface area (Å²) in [4.78, 5) is 3.41. The predicted octanol–water partition coefficient (Wildman–Crippen LogP) is 2.26. The van der Waals surface area contributed by atoms with Gasteiger partial charge in [0.2, 0.25) is 0 Å². The Bertz CT molecular complexity index is 204. The maximum Gasteiger partial charge on any atom is 0.272 e. The first-order valence-electron chi connectivity index (χ1n) is 4.62. The second kappa shape index (κ2) is 2.78. The fourth-order valence-electron chi connectivity index (χ4n) is 2.68. The van der Waals surface area contributed by atoms with Gasteiger partial charge in [0.25, 0.3) is 5.71 Å². The first-order chi connectivity index (χ1) is 5.42. The molecule has 0 spiro atoms. The van der Waals surface area contributed by atoms with Crippen molar-refractivity contribution < 1.29 is 4.79 Å². The van der Waals surface area contributed by atoms with Crippen LogP contribution in [0.4, 0.5) is 0 Å². The lowest BCUT2D eigenvalue weighted by Crippen LogP contribution is -2.24. The molecule has 0 radical (unpaired) electrons. The molecular formula is C9H14N2. The molecule has 2 aliphatic carbocycles. The van der Waals surface area contributed by atoms with Crippen molar-refractivity contribution in [2.45, 2.75) is 38.5 Å². The van der Waals surface area contributed by atoms with Crippen LogP contribution in [0.15, 0.2) is 0 Å². The Kier molecular flexibility index (Phi) is 1.79. The molecule has 2 unspecified atom stereocenters. The second-order valence-corrected chi connectivity index (χ2v) is 3.78. The molecule has 0 amide bonds. The molecule has 2 heteroatoms. The minimum absolute atomic E-state index is 0.647. The fourth-order valence-corrected chi connectivity index (χ4v) is 2.68. The van der Waals surface area contributed by atoms with Crippen molar-refractivity contribution in [2.75, 3.05) is 0 Å². The van der Waals surface area contributed by atoms with Crippen molar-refractivity contribution in [3.05, 3.63) is 5.53 Å². The second-order valence-electron chi connectivity index (χ2n) is 3.78. The van der Waals surface area contributed by atoms with Crippen molar-refractivity contribution in [1.29, 1.82) is 0 Å². The zero-order valence-electron chi connectivity index (χ0n) is 6.79. The standard InChI is InChI=1S/C9H14N2/c10-11-9-6-2-4-7-3-1-5-8(7)9/h7-8H,1-6H2. The Balaban J connectivity index is 2.19. The molecule has 0 saturated heterocycles. The summed E-state index contributed by atoms with van der Waals surface area (Å²) in [5.41, 5.74) is 9.81. The Hall–Kier alpha value is -0.620. The van der Waals surface area contributed by atoms with Gasteiger partial charge in [-0.1, -0.05) is 6.42 Å². The molecule has 0 aromatic carbocycles. The van der Waals surface area contributed by atoms with Crippen LogP contribution in [0.5, 0.6) is 0 Å². The van der Waals surface area contributed by atoms with E-state index in [1.54, 1.807) is 0 Å². The van der Waals surface area contributed by atoms with Gasteiger partial charge >= 0.3 is 0 Å². The zero-order valence-corrected chi connectivity index (χ0v) is 6.79. The van der Waals surface area contributed by atoms with Crippen molar-refractivity contribution in [3.8, 4) is 0 Å². The summed E-state index contributed by atoms with van der Waals surface area (Å²) in [5, 5.41) is 0. The van der Waals surface area contributed by atoms with E-state index in [2.05, 4.69) is 4.79 Å². The average molecular weight is 150 g/mol. The summed E-state index contributed by atoms with van der Waals surface area (Å²) in [6.07, 6.45) is 7.62. The number of rotatable bonds is 0. The largest absolute Gasteiger partial charge is 0.362 e. The van der Waals surface area contributed by atoms with E-state index < -0.39 is 0 Å². The predicted molar refractivity (Wildman–Crippen MR) is 43.3 cm³/mol. The average Bonchev–Trinajstić information content (AvgIpc) is 2.50. The van der Waals surface area contributed by atoms with Gasteiger partial charge in [-0.05, 0) is 31.6 Å². The molecule has 2 aliphatic rings. The molecule has 0 aromatic rings. The number of hydrogen-bond acceptors (Lipinski definition) is 0. The lowest BCUT2D eigenvalue weighted by atomic mass is 9.80. The molecule has 2 nitrogen and oxygen atoms in total. The van der Waals surface area contributed by atoms with Gasteiger partial charge < -0.3 is 5.53 Å². The molecule has 2 saturated carbocycles. The van der Waals surface area contributed by atoms with Crippen LogP contribution in [-0.4, -0.2) is 10.5 Å². The Labute approximate surface area is 67.2 Å². The van der Waals surface area contributed by atoms with Crippen molar-refractivity contribution in [2.24, 2.45) is 11.8 Å². The van der Waals surface area contributed by atoms with Gasteiger partial charge in [0, 0.05) is 6.42 Å². The lowest BCUT2D eigenvalue weighted by molar-refractivity contribution is -0.0207. The summed E-state index contributed by atoms with van der Waals surface area (Å²) >= 11 is 0. The van der Waals surface area contributed by atoms with Gasteiger partial charge in [0.05, 0.1) is 5.92 Å². The van der Waals surface area contributed by atoms with Gasteiger partial charge in [-0.25, -0.2) is 0 Å². The van der Waals surface area contributed by atoms with Crippen LogP contribution < -0.4 is 0 Å². The minimum Gasteiger partial charge on any atom is -0.362 e. The highest BCUT2D eigenvalue weighted by molar-refractivity contribution is 5.82. The maximum atomic E-state index is 8.73. The third-order valence-electron chi connectivity index (χ3n) is 3.22. The first kappa shape index (κ1) is 7.05. The molecule has 0 heterocycles. The Morgan fingerprint density at radius 3 is 2.82 bits per heavy atom. The normalized spacial score (nSPS) is 36.5. The molecule has 2 rings (SSSR count). The monoisotopic (exact) mass is 150 g/mol. The van der Waals surface area contributed by atoms with Crippen LogP contribution in [0.2, 0.25) is 0 Å². The Morgan fingerprint density at radius 2 is 2.00 bits per heavy atom. The molecule has 60 valence electrons. The molecule has 0 bridgehead atoms. The van der Waals surface area contributed by atoms with Gasteiger partial charge in [-0.15, -0.1) is 0 Å². The molecule has 11 heavy (non-hydrogen) atoms. The van der Waals surface area contributed by atoms with Crippen LogP contribution >= 0.6 is 0 Å². The number of nitrogens with zero attached hydrogens (tertiary/aromatic N) is 2. The highest BCUT2D eigenvalue weighted by Gasteiger charge is 2.38. The third-order valence-corrected chi connectivity index (χ3v) is 3.22. The van der Waals surface area contributed by atoms with E-state index in [9.17, 15) is 0 Å². The zero-order chi connectivity index (χ0) is 7.68. The van der Waals surface area contributed by atoms with E-state index in [1.807, 2.05) is 0 Å². The van der Waals surface area contributed by atoms with E-state index >= 15 is 0 Å². The topological polar surface area (TPSA) is 36.4 Å². The molecule has 2 atom stereocenters. The highest BCUT2D eigenvalue weighted by atomic mass is 14.9.